The fraction of sp³-hybridized carbons (Fsp3) is 0.0909. The standard InChI is InChI=1S/C11H10BrNS/c12-9-5-3-8(4-6-9)11(13)10-2-1-7-14-10/h1-7,11H,13H2. The van der Waals surface area contributed by atoms with Gasteiger partial charge in [-0.05, 0) is 29.1 Å². The number of benzene rings is 1. The first-order valence-electron chi connectivity index (χ1n) is 4.32. The van der Waals surface area contributed by atoms with Crippen molar-refractivity contribution in [1.82, 2.24) is 0 Å². The molecule has 0 amide bonds. The molecule has 0 spiro atoms. The fourth-order valence-electron chi connectivity index (χ4n) is 1.30. The van der Waals surface area contributed by atoms with Crippen LogP contribution < -0.4 is 5.73 Å². The van der Waals surface area contributed by atoms with E-state index < -0.39 is 0 Å². The Hall–Kier alpha value is -0.640. The summed E-state index contributed by atoms with van der Waals surface area (Å²) in [6, 6.07) is 12.2. The van der Waals surface area contributed by atoms with Crippen molar-refractivity contribution in [2.75, 3.05) is 0 Å². The van der Waals surface area contributed by atoms with Crippen molar-refractivity contribution in [2.24, 2.45) is 5.73 Å². The van der Waals surface area contributed by atoms with Crippen LogP contribution >= 0.6 is 27.3 Å². The zero-order valence-corrected chi connectivity index (χ0v) is 9.88. The smallest absolute Gasteiger partial charge is 0.0646 e. The molecule has 0 aliphatic rings. The summed E-state index contributed by atoms with van der Waals surface area (Å²) in [6.45, 7) is 0. The molecule has 14 heavy (non-hydrogen) atoms. The van der Waals surface area contributed by atoms with Crippen LogP contribution in [-0.2, 0) is 0 Å². The highest BCUT2D eigenvalue weighted by Gasteiger charge is 2.08. The maximum Gasteiger partial charge on any atom is 0.0646 e. The Labute approximate surface area is 95.7 Å². The van der Waals surface area contributed by atoms with Crippen molar-refractivity contribution in [2.45, 2.75) is 6.04 Å². The first kappa shape index (κ1) is 9.90. The van der Waals surface area contributed by atoms with Crippen LogP contribution in [0.15, 0.2) is 46.3 Å². The van der Waals surface area contributed by atoms with Gasteiger partial charge in [-0.3, -0.25) is 0 Å². The lowest BCUT2D eigenvalue weighted by molar-refractivity contribution is 0.893. The second-order valence-corrected chi connectivity index (χ2v) is 4.94. The molecule has 0 saturated heterocycles. The zero-order valence-electron chi connectivity index (χ0n) is 7.48. The van der Waals surface area contributed by atoms with E-state index in [1.165, 1.54) is 4.88 Å². The Morgan fingerprint density at radius 3 is 2.43 bits per heavy atom. The Balaban J connectivity index is 2.28. The van der Waals surface area contributed by atoms with E-state index in [9.17, 15) is 0 Å². The van der Waals surface area contributed by atoms with Crippen LogP contribution in [0.4, 0.5) is 0 Å². The number of rotatable bonds is 2. The highest BCUT2D eigenvalue weighted by molar-refractivity contribution is 9.10. The van der Waals surface area contributed by atoms with Gasteiger partial charge in [-0.2, -0.15) is 0 Å². The van der Waals surface area contributed by atoms with Gasteiger partial charge >= 0.3 is 0 Å². The van der Waals surface area contributed by atoms with Crippen LogP contribution in [0, 0.1) is 0 Å². The van der Waals surface area contributed by atoms with E-state index in [4.69, 9.17) is 5.73 Å². The van der Waals surface area contributed by atoms with E-state index >= 15 is 0 Å². The molecule has 2 N–H and O–H groups in total. The van der Waals surface area contributed by atoms with Gasteiger partial charge in [-0.25, -0.2) is 0 Å². The van der Waals surface area contributed by atoms with Crippen LogP contribution in [-0.4, -0.2) is 0 Å². The molecule has 72 valence electrons. The largest absolute Gasteiger partial charge is 0.320 e. The second kappa shape index (κ2) is 4.26. The third kappa shape index (κ3) is 2.05. The molecular weight excluding hydrogens is 258 g/mol. The Bertz CT molecular complexity index is 394. The lowest BCUT2D eigenvalue weighted by Crippen LogP contribution is -2.09. The van der Waals surface area contributed by atoms with Crippen molar-refractivity contribution in [3.05, 3.63) is 56.7 Å². The van der Waals surface area contributed by atoms with Gasteiger partial charge in [0, 0.05) is 9.35 Å². The minimum atomic E-state index is 0.00287. The summed E-state index contributed by atoms with van der Waals surface area (Å²) in [6.07, 6.45) is 0. The van der Waals surface area contributed by atoms with Crippen LogP contribution in [0.25, 0.3) is 0 Å². The normalized spacial score (nSPS) is 12.7. The van der Waals surface area contributed by atoms with Crippen molar-refractivity contribution >= 4 is 27.3 Å². The zero-order chi connectivity index (χ0) is 9.97. The summed E-state index contributed by atoms with van der Waals surface area (Å²) in [4.78, 5) is 1.20. The minimum absolute atomic E-state index is 0.00287. The quantitative estimate of drug-likeness (QED) is 0.885. The van der Waals surface area contributed by atoms with Crippen molar-refractivity contribution in [3.8, 4) is 0 Å². The Kier molecular flexibility index (Phi) is 3.01. The summed E-state index contributed by atoms with van der Waals surface area (Å²) >= 11 is 5.10. The van der Waals surface area contributed by atoms with Gasteiger partial charge in [-0.15, -0.1) is 11.3 Å². The van der Waals surface area contributed by atoms with Crippen molar-refractivity contribution in [3.63, 3.8) is 0 Å². The van der Waals surface area contributed by atoms with Crippen molar-refractivity contribution in [1.29, 1.82) is 0 Å². The summed E-state index contributed by atoms with van der Waals surface area (Å²) in [5, 5.41) is 2.05. The molecule has 1 aromatic carbocycles. The van der Waals surface area contributed by atoms with E-state index in [1.807, 2.05) is 23.6 Å². The average Bonchev–Trinajstić information content (AvgIpc) is 2.71. The molecule has 1 aromatic heterocycles. The maximum atomic E-state index is 6.11. The third-order valence-electron chi connectivity index (χ3n) is 2.08. The number of halogens is 1. The Morgan fingerprint density at radius 1 is 1.14 bits per heavy atom. The number of hydrogen-bond donors (Lipinski definition) is 1. The van der Waals surface area contributed by atoms with Crippen LogP contribution in [0.3, 0.4) is 0 Å². The molecule has 0 aliphatic heterocycles. The molecule has 1 unspecified atom stereocenters. The summed E-state index contributed by atoms with van der Waals surface area (Å²) in [5.41, 5.74) is 7.25. The van der Waals surface area contributed by atoms with Gasteiger partial charge in [0.05, 0.1) is 6.04 Å². The highest BCUT2D eigenvalue weighted by Crippen LogP contribution is 2.24. The number of nitrogens with two attached hydrogens (primary N) is 1. The van der Waals surface area contributed by atoms with Crippen LogP contribution in [0.1, 0.15) is 16.5 Å². The van der Waals surface area contributed by atoms with E-state index in [-0.39, 0.29) is 6.04 Å². The molecule has 1 nitrogen and oxygen atoms in total. The summed E-state index contributed by atoms with van der Waals surface area (Å²) < 4.78 is 1.08. The minimum Gasteiger partial charge on any atom is -0.320 e. The van der Waals surface area contributed by atoms with Gasteiger partial charge in [0.25, 0.3) is 0 Å². The van der Waals surface area contributed by atoms with Gasteiger partial charge in [-0.1, -0.05) is 34.1 Å². The van der Waals surface area contributed by atoms with E-state index in [0.29, 0.717) is 0 Å². The van der Waals surface area contributed by atoms with Gasteiger partial charge < -0.3 is 5.73 Å². The van der Waals surface area contributed by atoms with E-state index in [2.05, 4.69) is 34.1 Å². The van der Waals surface area contributed by atoms with E-state index in [1.54, 1.807) is 11.3 Å². The monoisotopic (exact) mass is 267 g/mol. The highest BCUT2D eigenvalue weighted by atomic mass is 79.9. The Morgan fingerprint density at radius 2 is 1.86 bits per heavy atom. The number of thiophene rings is 1. The molecule has 0 fully saturated rings. The molecule has 0 saturated carbocycles. The first-order valence-corrected chi connectivity index (χ1v) is 5.99. The molecule has 1 heterocycles. The lowest BCUT2D eigenvalue weighted by atomic mass is 10.1. The summed E-state index contributed by atoms with van der Waals surface area (Å²) in [5.74, 6) is 0. The molecule has 3 heteroatoms. The topological polar surface area (TPSA) is 26.0 Å². The molecule has 0 bridgehead atoms. The molecule has 0 aliphatic carbocycles. The average molecular weight is 268 g/mol. The lowest BCUT2D eigenvalue weighted by Gasteiger charge is -2.09. The molecule has 0 radical (unpaired) electrons. The van der Waals surface area contributed by atoms with E-state index in [0.717, 1.165) is 10.0 Å². The predicted octanol–water partition coefficient (Wildman–Crippen LogP) is 3.56. The fourth-order valence-corrected chi connectivity index (χ4v) is 2.32. The van der Waals surface area contributed by atoms with Gasteiger partial charge in [0.15, 0.2) is 0 Å². The van der Waals surface area contributed by atoms with Crippen LogP contribution in [0.5, 0.6) is 0 Å². The SMILES string of the molecule is NC(c1ccc(Br)cc1)c1cccs1. The van der Waals surface area contributed by atoms with Gasteiger partial charge in [0.2, 0.25) is 0 Å². The maximum absolute atomic E-state index is 6.11. The summed E-state index contributed by atoms with van der Waals surface area (Å²) in [7, 11) is 0. The molecular formula is C11H10BrNS. The second-order valence-electron chi connectivity index (χ2n) is 3.04. The first-order chi connectivity index (χ1) is 6.77. The molecule has 2 aromatic rings. The van der Waals surface area contributed by atoms with Crippen molar-refractivity contribution < 1.29 is 0 Å². The third-order valence-corrected chi connectivity index (χ3v) is 3.56. The molecule has 1 atom stereocenters. The number of hydrogen-bond acceptors (Lipinski definition) is 2. The van der Waals surface area contributed by atoms with Crippen LogP contribution in [0.2, 0.25) is 0 Å². The van der Waals surface area contributed by atoms with Gasteiger partial charge in [0.1, 0.15) is 0 Å². The molecule has 2 rings (SSSR count). The predicted molar refractivity (Wildman–Crippen MR) is 64.5 cm³/mol.